The van der Waals surface area contributed by atoms with Crippen molar-refractivity contribution >= 4 is 5.91 Å². The molecule has 1 saturated heterocycles. The van der Waals surface area contributed by atoms with Gasteiger partial charge in [-0.1, -0.05) is 25.9 Å². The molecular formula is C20H31N5O2. The third-order valence-electron chi connectivity index (χ3n) is 5.50. The average Bonchev–Trinajstić information content (AvgIpc) is 3.30. The van der Waals surface area contributed by atoms with Crippen LogP contribution in [0.25, 0.3) is 0 Å². The lowest BCUT2D eigenvalue weighted by molar-refractivity contribution is 0.0581. The van der Waals surface area contributed by atoms with Crippen molar-refractivity contribution in [2.24, 2.45) is 13.0 Å². The Morgan fingerprint density at radius 1 is 1.44 bits per heavy atom. The van der Waals surface area contributed by atoms with Crippen LogP contribution in [0.3, 0.4) is 0 Å². The number of hydrogen-bond acceptors (Lipinski definition) is 5. The number of piperidine rings is 1. The Bertz CT molecular complexity index is 766. The van der Waals surface area contributed by atoms with Gasteiger partial charge in [0.15, 0.2) is 5.69 Å². The van der Waals surface area contributed by atoms with E-state index >= 15 is 0 Å². The second kappa shape index (κ2) is 8.25. The molecule has 0 saturated carbocycles. The Balaban J connectivity index is 1.75. The van der Waals surface area contributed by atoms with Crippen LogP contribution < -0.4 is 0 Å². The lowest BCUT2D eigenvalue weighted by Crippen LogP contribution is -2.44. The minimum absolute atomic E-state index is 0.0794. The highest BCUT2D eigenvalue weighted by atomic mass is 16.5. The predicted molar refractivity (Wildman–Crippen MR) is 103 cm³/mol. The summed E-state index contributed by atoms with van der Waals surface area (Å²) in [6.45, 7) is 9.03. The topological polar surface area (TPSA) is 67.4 Å². The van der Waals surface area contributed by atoms with Gasteiger partial charge in [-0.3, -0.25) is 14.4 Å². The molecule has 27 heavy (non-hydrogen) atoms. The van der Waals surface area contributed by atoms with Crippen LogP contribution in [0.1, 0.15) is 67.4 Å². The zero-order valence-corrected chi connectivity index (χ0v) is 17.1. The Labute approximate surface area is 161 Å². The number of aromatic nitrogens is 3. The summed E-state index contributed by atoms with van der Waals surface area (Å²) < 4.78 is 7.15. The third-order valence-corrected chi connectivity index (χ3v) is 5.50. The fourth-order valence-corrected chi connectivity index (χ4v) is 4.07. The van der Waals surface area contributed by atoms with Gasteiger partial charge in [-0.15, -0.1) is 0 Å². The maximum Gasteiger partial charge on any atom is 0.275 e. The summed E-state index contributed by atoms with van der Waals surface area (Å²) in [6.07, 6.45) is 6.31. The van der Waals surface area contributed by atoms with E-state index in [1.807, 2.05) is 38.8 Å². The summed E-state index contributed by atoms with van der Waals surface area (Å²) in [5, 5.41) is 8.34. The van der Waals surface area contributed by atoms with E-state index in [1.54, 1.807) is 11.0 Å². The standard InChI is InChI=1S/C20H31N5O2/c1-6-25-9-7-8-15(19(25)16-11-21-24(5)13-16)12-23(4)20(26)17-10-18(14(2)3)27-22-17/h10-11,13-15,19H,6-9,12H2,1-5H3/t15-,19+/m0/s1. The number of nitrogens with zero attached hydrogens (tertiary/aromatic N) is 5. The number of carbonyl (C=O) groups excluding carboxylic acids is 1. The Kier molecular flexibility index (Phi) is 5.99. The van der Waals surface area contributed by atoms with Crippen molar-refractivity contribution in [3.05, 3.63) is 35.5 Å². The molecule has 3 rings (SSSR count). The Hall–Kier alpha value is -2.15. The molecule has 2 atom stereocenters. The zero-order chi connectivity index (χ0) is 19.6. The minimum atomic E-state index is -0.0794. The van der Waals surface area contributed by atoms with Crippen LogP contribution in [0, 0.1) is 5.92 Å². The summed E-state index contributed by atoms with van der Waals surface area (Å²) in [5.41, 5.74) is 1.62. The van der Waals surface area contributed by atoms with Gasteiger partial charge in [0, 0.05) is 50.4 Å². The molecule has 1 amide bonds. The first kappa shape index (κ1) is 19.6. The molecule has 1 aliphatic rings. The molecule has 7 heteroatoms. The SMILES string of the molecule is CCN1CCC[C@@H](CN(C)C(=O)c2cc(C(C)C)on2)[C@@H]1c1cnn(C)c1. The van der Waals surface area contributed by atoms with Crippen LogP contribution in [0.4, 0.5) is 0 Å². The van der Waals surface area contributed by atoms with E-state index in [2.05, 4.69) is 28.3 Å². The molecule has 7 nitrogen and oxygen atoms in total. The van der Waals surface area contributed by atoms with Crippen molar-refractivity contribution in [3.8, 4) is 0 Å². The lowest BCUT2D eigenvalue weighted by atomic mass is 9.85. The minimum Gasteiger partial charge on any atom is -0.360 e. The first-order valence-electron chi connectivity index (χ1n) is 9.85. The molecule has 0 spiro atoms. The van der Waals surface area contributed by atoms with Gasteiger partial charge in [0.2, 0.25) is 0 Å². The first-order valence-corrected chi connectivity index (χ1v) is 9.85. The van der Waals surface area contributed by atoms with E-state index < -0.39 is 0 Å². The van der Waals surface area contributed by atoms with E-state index in [0.717, 1.165) is 31.7 Å². The number of likely N-dealkylation sites (tertiary alicyclic amines) is 1. The highest BCUT2D eigenvalue weighted by Crippen LogP contribution is 2.36. The van der Waals surface area contributed by atoms with Crippen LogP contribution >= 0.6 is 0 Å². The molecule has 0 N–H and O–H groups in total. The van der Waals surface area contributed by atoms with Crippen LogP contribution in [0.2, 0.25) is 0 Å². The van der Waals surface area contributed by atoms with Crippen LogP contribution in [-0.2, 0) is 7.05 Å². The second-order valence-corrected chi connectivity index (χ2v) is 7.88. The largest absolute Gasteiger partial charge is 0.360 e. The maximum atomic E-state index is 12.8. The van der Waals surface area contributed by atoms with Crippen LogP contribution in [0.15, 0.2) is 23.0 Å². The smallest absolute Gasteiger partial charge is 0.275 e. The van der Waals surface area contributed by atoms with Crippen molar-refractivity contribution in [1.29, 1.82) is 0 Å². The number of carbonyl (C=O) groups is 1. The molecule has 0 radical (unpaired) electrons. The van der Waals surface area contributed by atoms with Gasteiger partial charge < -0.3 is 9.42 Å². The monoisotopic (exact) mass is 373 g/mol. The van der Waals surface area contributed by atoms with Gasteiger partial charge in [0.25, 0.3) is 5.91 Å². The highest BCUT2D eigenvalue weighted by Gasteiger charge is 2.34. The summed E-state index contributed by atoms with van der Waals surface area (Å²) in [7, 11) is 3.81. The molecule has 0 unspecified atom stereocenters. The molecule has 1 fully saturated rings. The van der Waals surface area contributed by atoms with Crippen molar-refractivity contribution in [3.63, 3.8) is 0 Å². The Morgan fingerprint density at radius 3 is 2.81 bits per heavy atom. The molecule has 0 bridgehead atoms. The molecule has 3 heterocycles. The van der Waals surface area contributed by atoms with E-state index in [1.165, 1.54) is 5.56 Å². The van der Waals surface area contributed by atoms with Gasteiger partial charge in [0.1, 0.15) is 5.76 Å². The summed E-state index contributed by atoms with van der Waals surface area (Å²) in [5.74, 6) is 1.25. The molecule has 0 aromatic carbocycles. The van der Waals surface area contributed by atoms with E-state index in [-0.39, 0.29) is 17.9 Å². The summed E-state index contributed by atoms with van der Waals surface area (Å²) in [6, 6.07) is 2.05. The number of rotatable bonds is 6. The fraction of sp³-hybridized carbons (Fsp3) is 0.650. The second-order valence-electron chi connectivity index (χ2n) is 7.88. The number of aryl methyl sites for hydroxylation is 1. The normalized spacial score (nSPS) is 21.0. The van der Waals surface area contributed by atoms with Crippen molar-refractivity contribution < 1.29 is 9.32 Å². The zero-order valence-electron chi connectivity index (χ0n) is 17.1. The average molecular weight is 374 g/mol. The molecular weight excluding hydrogens is 342 g/mol. The quantitative estimate of drug-likeness (QED) is 0.778. The van der Waals surface area contributed by atoms with E-state index in [9.17, 15) is 4.79 Å². The van der Waals surface area contributed by atoms with Gasteiger partial charge >= 0.3 is 0 Å². The van der Waals surface area contributed by atoms with Gasteiger partial charge in [0.05, 0.1) is 6.20 Å². The van der Waals surface area contributed by atoms with E-state index in [4.69, 9.17) is 4.52 Å². The molecule has 1 aliphatic heterocycles. The summed E-state index contributed by atoms with van der Waals surface area (Å²) >= 11 is 0. The van der Waals surface area contributed by atoms with Gasteiger partial charge in [-0.25, -0.2) is 0 Å². The predicted octanol–water partition coefficient (Wildman–Crippen LogP) is 3.08. The van der Waals surface area contributed by atoms with Gasteiger partial charge in [-0.05, 0) is 31.8 Å². The van der Waals surface area contributed by atoms with Gasteiger partial charge in [-0.2, -0.15) is 5.10 Å². The number of hydrogen-bond donors (Lipinski definition) is 0. The van der Waals surface area contributed by atoms with E-state index in [0.29, 0.717) is 18.2 Å². The summed E-state index contributed by atoms with van der Waals surface area (Å²) in [4.78, 5) is 17.1. The fourth-order valence-electron chi connectivity index (χ4n) is 4.07. The number of amides is 1. The van der Waals surface area contributed by atoms with Crippen LogP contribution in [-0.4, -0.2) is 57.3 Å². The van der Waals surface area contributed by atoms with Crippen molar-refractivity contribution in [2.75, 3.05) is 26.7 Å². The molecule has 2 aromatic rings. The van der Waals surface area contributed by atoms with Crippen molar-refractivity contribution in [2.45, 2.75) is 45.6 Å². The maximum absolute atomic E-state index is 12.8. The lowest BCUT2D eigenvalue weighted by Gasteiger charge is -2.41. The Morgan fingerprint density at radius 2 is 2.22 bits per heavy atom. The highest BCUT2D eigenvalue weighted by molar-refractivity contribution is 5.92. The van der Waals surface area contributed by atoms with Crippen molar-refractivity contribution in [1.82, 2.24) is 24.7 Å². The molecule has 2 aromatic heterocycles. The molecule has 148 valence electrons. The molecule has 0 aliphatic carbocycles. The third kappa shape index (κ3) is 4.24. The van der Waals surface area contributed by atoms with Crippen LogP contribution in [0.5, 0.6) is 0 Å². The first-order chi connectivity index (χ1) is 12.9.